The number of carboxylic acids is 1. The Morgan fingerprint density at radius 1 is 1.42 bits per heavy atom. The number of halogens is 1. The van der Waals surface area contributed by atoms with Crippen LogP contribution < -0.4 is 0 Å². The van der Waals surface area contributed by atoms with Gasteiger partial charge in [-0.15, -0.1) is 0 Å². The second-order valence-electron chi connectivity index (χ2n) is 2.56. The number of aliphatic carboxylic acids is 1. The Bertz CT molecular complexity index is 394. The van der Waals surface area contributed by atoms with Crippen LogP contribution in [-0.2, 0) is 4.79 Å². The van der Waals surface area contributed by atoms with Crippen molar-refractivity contribution < 1.29 is 9.90 Å². The molecule has 0 bridgehead atoms. The molecule has 0 saturated carbocycles. The summed E-state index contributed by atoms with van der Waals surface area (Å²) in [6, 6.07) is 5.25. The standard InChI is InChI=1S/C9H5ClO2/c10-8-3-1-2-5-6(8)4-7(5)9(11)12/h1-4H,(H,11,12). The van der Waals surface area contributed by atoms with Crippen LogP contribution in [0.4, 0.5) is 0 Å². The zero-order valence-corrected chi connectivity index (χ0v) is 6.80. The molecule has 0 aliphatic heterocycles. The summed E-state index contributed by atoms with van der Waals surface area (Å²) in [6.45, 7) is 0. The first-order chi connectivity index (χ1) is 5.70. The fraction of sp³-hybridized carbons (Fsp3) is 0. The number of fused-ring (bicyclic) bond motifs is 1. The molecule has 0 fully saturated rings. The maximum atomic E-state index is 10.5. The van der Waals surface area contributed by atoms with E-state index in [1.165, 1.54) is 0 Å². The monoisotopic (exact) mass is 180 g/mol. The summed E-state index contributed by atoms with van der Waals surface area (Å²) >= 11 is 5.80. The van der Waals surface area contributed by atoms with Gasteiger partial charge >= 0.3 is 5.97 Å². The number of benzene rings is 1. The van der Waals surface area contributed by atoms with E-state index >= 15 is 0 Å². The van der Waals surface area contributed by atoms with Gasteiger partial charge in [0.25, 0.3) is 0 Å². The third-order valence-electron chi connectivity index (χ3n) is 1.86. The molecule has 0 atom stereocenters. The third kappa shape index (κ3) is 0.850. The summed E-state index contributed by atoms with van der Waals surface area (Å²) in [5, 5.41) is 9.27. The van der Waals surface area contributed by atoms with Crippen LogP contribution >= 0.6 is 11.6 Å². The minimum absolute atomic E-state index is 0.340. The molecule has 1 aromatic rings. The maximum Gasteiger partial charge on any atom is 0.336 e. The average molecular weight is 181 g/mol. The molecule has 1 aliphatic carbocycles. The van der Waals surface area contributed by atoms with Crippen LogP contribution in [0, 0.1) is 0 Å². The molecular weight excluding hydrogens is 176 g/mol. The molecule has 2 rings (SSSR count). The summed E-state index contributed by atoms with van der Waals surface area (Å²) in [5.41, 5.74) is 1.90. The molecule has 0 unspecified atom stereocenters. The Labute approximate surface area is 74.1 Å². The van der Waals surface area contributed by atoms with Gasteiger partial charge in [0.15, 0.2) is 0 Å². The molecule has 2 nitrogen and oxygen atoms in total. The molecule has 1 aliphatic rings. The van der Waals surface area contributed by atoms with Gasteiger partial charge in [0.05, 0.1) is 5.57 Å². The molecule has 12 heavy (non-hydrogen) atoms. The van der Waals surface area contributed by atoms with Crippen molar-refractivity contribution in [2.24, 2.45) is 0 Å². The molecule has 0 spiro atoms. The van der Waals surface area contributed by atoms with Gasteiger partial charge in [-0.25, -0.2) is 4.79 Å². The van der Waals surface area contributed by atoms with Gasteiger partial charge < -0.3 is 5.11 Å². The number of hydrogen-bond acceptors (Lipinski definition) is 1. The predicted molar refractivity (Wildman–Crippen MR) is 47.0 cm³/mol. The van der Waals surface area contributed by atoms with Crippen LogP contribution in [-0.4, -0.2) is 11.1 Å². The van der Waals surface area contributed by atoms with Gasteiger partial charge in [0.2, 0.25) is 0 Å². The van der Waals surface area contributed by atoms with Crippen LogP contribution in [0.15, 0.2) is 18.2 Å². The third-order valence-corrected chi connectivity index (χ3v) is 2.19. The van der Waals surface area contributed by atoms with Crippen molar-refractivity contribution in [2.45, 2.75) is 0 Å². The van der Waals surface area contributed by atoms with Gasteiger partial charge in [-0.3, -0.25) is 0 Å². The van der Waals surface area contributed by atoms with Crippen molar-refractivity contribution in [2.75, 3.05) is 0 Å². The van der Waals surface area contributed by atoms with Crippen molar-refractivity contribution in [3.05, 3.63) is 34.3 Å². The maximum absolute atomic E-state index is 10.5. The molecule has 1 aromatic carbocycles. The Balaban J connectivity index is 2.51. The van der Waals surface area contributed by atoms with E-state index in [0.717, 1.165) is 11.1 Å². The lowest BCUT2D eigenvalue weighted by atomic mass is 9.89. The molecule has 0 saturated heterocycles. The van der Waals surface area contributed by atoms with Crippen molar-refractivity contribution in [1.29, 1.82) is 0 Å². The number of carboxylic acid groups (broad SMARTS) is 1. The number of rotatable bonds is 1. The van der Waals surface area contributed by atoms with E-state index in [0.29, 0.717) is 10.6 Å². The minimum atomic E-state index is -0.898. The largest absolute Gasteiger partial charge is 0.478 e. The highest BCUT2D eigenvalue weighted by Gasteiger charge is 2.23. The first-order valence-corrected chi connectivity index (χ1v) is 3.82. The summed E-state index contributed by atoms with van der Waals surface area (Å²) in [6.07, 6.45) is 1.58. The topological polar surface area (TPSA) is 37.3 Å². The highest BCUT2D eigenvalue weighted by atomic mass is 35.5. The van der Waals surface area contributed by atoms with Crippen LogP contribution in [0.3, 0.4) is 0 Å². The SMILES string of the molecule is O=C(O)C1=Cc2c(Cl)cccc21. The molecule has 60 valence electrons. The zero-order chi connectivity index (χ0) is 8.72. The first kappa shape index (κ1) is 7.37. The van der Waals surface area contributed by atoms with Crippen molar-refractivity contribution >= 4 is 29.2 Å². The summed E-state index contributed by atoms with van der Waals surface area (Å²) in [4.78, 5) is 10.5. The quantitative estimate of drug-likeness (QED) is 0.720. The molecule has 0 radical (unpaired) electrons. The van der Waals surface area contributed by atoms with E-state index < -0.39 is 5.97 Å². The number of hydrogen-bond donors (Lipinski definition) is 1. The lowest BCUT2D eigenvalue weighted by molar-refractivity contribution is -0.130. The first-order valence-electron chi connectivity index (χ1n) is 3.44. The highest BCUT2D eigenvalue weighted by Crippen LogP contribution is 2.36. The second-order valence-corrected chi connectivity index (χ2v) is 2.97. The van der Waals surface area contributed by atoms with Gasteiger partial charge in [0, 0.05) is 10.6 Å². The molecule has 3 heteroatoms. The van der Waals surface area contributed by atoms with E-state index in [-0.39, 0.29) is 0 Å². The lowest BCUT2D eigenvalue weighted by Crippen LogP contribution is -2.08. The average Bonchev–Trinajstić information content (AvgIpc) is 1.92. The van der Waals surface area contributed by atoms with Gasteiger partial charge in [-0.2, -0.15) is 0 Å². The van der Waals surface area contributed by atoms with Crippen LogP contribution in [0.5, 0.6) is 0 Å². The van der Waals surface area contributed by atoms with Crippen molar-refractivity contribution in [3.8, 4) is 0 Å². The normalized spacial score (nSPS) is 12.9. The van der Waals surface area contributed by atoms with E-state index in [4.69, 9.17) is 16.7 Å². The summed E-state index contributed by atoms with van der Waals surface area (Å²) in [7, 11) is 0. The smallest absolute Gasteiger partial charge is 0.336 e. The predicted octanol–water partition coefficient (Wildman–Crippen LogP) is 2.28. The van der Waals surface area contributed by atoms with Crippen LogP contribution in [0.1, 0.15) is 11.1 Å². The molecule has 1 N–H and O–H groups in total. The summed E-state index contributed by atoms with van der Waals surface area (Å²) < 4.78 is 0. The molecule has 0 heterocycles. The van der Waals surface area contributed by atoms with E-state index in [2.05, 4.69) is 0 Å². The molecule has 0 aromatic heterocycles. The molecule has 0 amide bonds. The Hall–Kier alpha value is -1.28. The Kier molecular flexibility index (Phi) is 1.45. The van der Waals surface area contributed by atoms with E-state index in [1.807, 2.05) is 0 Å². The lowest BCUT2D eigenvalue weighted by Gasteiger charge is -2.17. The highest BCUT2D eigenvalue weighted by molar-refractivity contribution is 6.36. The fourth-order valence-electron chi connectivity index (χ4n) is 1.24. The van der Waals surface area contributed by atoms with Crippen LogP contribution in [0.2, 0.25) is 5.02 Å². The summed E-state index contributed by atoms with van der Waals surface area (Å²) in [5.74, 6) is -0.898. The zero-order valence-electron chi connectivity index (χ0n) is 6.04. The second kappa shape index (κ2) is 2.35. The Morgan fingerprint density at radius 3 is 2.83 bits per heavy atom. The Morgan fingerprint density at radius 2 is 2.17 bits per heavy atom. The van der Waals surface area contributed by atoms with Gasteiger partial charge in [-0.1, -0.05) is 23.7 Å². The van der Waals surface area contributed by atoms with Crippen LogP contribution in [0.25, 0.3) is 11.6 Å². The molecular formula is C9H5ClO2. The minimum Gasteiger partial charge on any atom is -0.478 e. The van der Waals surface area contributed by atoms with Gasteiger partial charge in [-0.05, 0) is 17.7 Å². The van der Waals surface area contributed by atoms with Crippen molar-refractivity contribution in [1.82, 2.24) is 0 Å². The van der Waals surface area contributed by atoms with E-state index in [1.54, 1.807) is 24.3 Å². The fourth-order valence-corrected chi connectivity index (χ4v) is 1.47. The number of carbonyl (C=O) groups is 1. The van der Waals surface area contributed by atoms with Gasteiger partial charge in [0.1, 0.15) is 0 Å². The van der Waals surface area contributed by atoms with E-state index in [9.17, 15) is 4.79 Å². The van der Waals surface area contributed by atoms with Crippen molar-refractivity contribution in [3.63, 3.8) is 0 Å².